The molecule has 0 aliphatic heterocycles. The minimum atomic E-state index is -0.759. The highest BCUT2D eigenvalue weighted by molar-refractivity contribution is 5.95. The first-order valence-corrected chi connectivity index (χ1v) is 11.0. The smallest absolute Gasteiger partial charge is 0.306 e. The van der Waals surface area contributed by atoms with Crippen LogP contribution in [0.15, 0.2) is 60.7 Å². The van der Waals surface area contributed by atoms with Gasteiger partial charge in [0, 0.05) is 12.0 Å². The first kappa shape index (κ1) is 23.8. The van der Waals surface area contributed by atoms with Gasteiger partial charge in [-0.05, 0) is 49.1 Å². The van der Waals surface area contributed by atoms with E-state index in [1.54, 1.807) is 0 Å². The van der Waals surface area contributed by atoms with Gasteiger partial charge >= 0.3 is 5.97 Å². The van der Waals surface area contributed by atoms with Crippen LogP contribution in [0.5, 0.6) is 0 Å². The molecule has 0 fully saturated rings. The Bertz CT molecular complexity index is 775. The minimum Gasteiger partial charge on any atom is -0.481 e. The first-order valence-electron chi connectivity index (χ1n) is 11.0. The lowest BCUT2D eigenvalue weighted by Gasteiger charge is -2.31. The lowest BCUT2D eigenvalue weighted by atomic mass is 9.74. The van der Waals surface area contributed by atoms with Crippen LogP contribution in [0.25, 0.3) is 0 Å². The van der Waals surface area contributed by atoms with Crippen molar-refractivity contribution in [2.45, 2.75) is 51.9 Å². The van der Waals surface area contributed by atoms with Crippen LogP contribution in [0.2, 0.25) is 0 Å². The van der Waals surface area contributed by atoms with E-state index in [1.807, 2.05) is 48.5 Å². The summed E-state index contributed by atoms with van der Waals surface area (Å²) in [7, 11) is 0. The second-order valence-electron chi connectivity index (χ2n) is 8.25. The predicted octanol–water partition coefficient (Wildman–Crippen LogP) is 5.54. The number of hydrogen-bond acceptors (Lipinski definition) is 3. The molecule has 4 nitrogen and oxygen atoms in total. The van der Waals surface area contributed by atoms with Gasteiger partial charge in [-0.3, -0.25) is 9.59 Å². The van der Waals surface area contributed by atoms with E-state index in [0.29, 0.717) is 31.4 Å². The number of ketones is 1. The van der Waals surface area contributed by atoms with Gasteiger partial charge in [-0.1, -0.05) is 80.9 Å². The summed E-state index contributed by atoms with van der Waals surface area (Å²) in [5.41, 5.74) is 7.95. The third-order valence-electron chi connectivity index (χ3n) is 6.26. The maximum atomic E-state index is 12.3. The summed E-state index contributed by atoms with van der Waals surface area (Å²) in [5.74, 6) is -0.605. The summed E-state index contributed by atoms with van der Waals surface area (Å²) < 4.78 is 0. The fraction of sp³-hybridized carbons (Fsp3) is 0.462. The normalized spacial score (nSPS) is 15.2. The molecule has 0 aliphatic carbocycles. The fourth-order valence-electron chi connectivity index (χ4n) is 4.57. The Labute approximate surface area is 180 Å². The number of carboxylic acids is 1. The molecule has 2 aromatic carbocycles. The summed E-state index contributed by atoms with van der Waals surface area (Å²) >= 11 is 0. The van der Waals surface area contributed by atoms with Crippen molar-refractivity contribution in [1.82, 2.24) is 0 Å². The maximum Gasteiger partial charge on any atom is 0.306 e. The highest BCUT2D eigenvalue weighted by Crippen LogP contribution is 2.35. The van der Waals surface area contributed by atoms with Gasteiger partial charge in [-0.15, -0.1) is 0 Å². The Kier molecular flexibility index (Phi) is 9.75. The number of nitrogens with two attached hydrogens (primary N) is 1. The van der Waals surface area contributed by atoms with Crippen molar-refractivity contribution in [2.75, 3.05) is 6.54 Å². The SMILES string of the molecule is CCC(C(C)CC(CN)c1ccccc1)C(CCCC(=O)c1ccccc1)C(=O)O. The van der Waals surface area contributed by atoms with E-state index >= 15 is 0 Å². The van der Waals surface area contributed by atoms with Crippen molar-refractivity contribution >= 4 is 11.8 Å². The first-order chi connectivity index (χ1) is 14.5. The summed E-state index contributed by atoms with van der Waals surface area (Å²) in [6, 6.07) is 19.4. The molecule has 30 heavy (non-hydrogen) atoms. The molecule has 0 radical (unpaired) electrons. The molecule has 0 bridgehead atoms. The zero-order valence-electron chi connectivity index (χ0n) is 18.2. The zero-order chi connectivity index (χ0) is 21.9. The Balaban J connectivity index is 1.99. The molecule has 3 N–H and O–H groups in total. The van der Waals surface area contributed by atoms with E-state index in [9.17, 15) is 14.7 Å². The van der Waals surface area contributed by atoms with Crippen LogP contribution in [-0.4, -0.2) is 23.4 Å². The lowest BCUT2D eigenvalue weighted by molar-refractivity contribution is -0.145. The summed E-state index contributed by atoms with van der Waals surface area (Å²) in [6.45, 7) is 4.76. The standard InChI is InChI=1S/C26H35NO3/c1-3-23(19(2)17-22(18-27)20-11-6-4-7-12-20)24(26(29)30)15-10-16-25(28)21-13-8-5-9-14-21/h4-9,11-14,19,22-24H,3,10,15-18,27H2,1-2H3,(H,29,30). The molecule has 2 rings (SSSR count). The van der Waals surface area contributed by atoms with Crippen LogP contribution >= 0.6 is 0 Å². The summed E-state index contributed by atoms with van der Waals surface area (Å²) in [6.07, 6.45) is 3.17. The Morgan fingerprint density at radius 2 is 1.60 bits per heavy atom. The Morgan fingerprint density at radius 1 is 1.00 bits per heavy atom. The van der Waals surface area contributed by atoms with Gasteiger partial charge in [0.25, 0.3) is 0 Å². The van der Waals surface area contributed by atoms with Crippen molar-refractivity contribution in [1.29, 1.82) is 0 Å². The van der Waals surface area contributed by atoms with Crippen LogP contribution in [0.4, 0.5) is 0 Å². The second-order valence-corrected chi connectivity index (χ2v) is 8.25. The van der Waals surface area contributed by atoms with Crippen molar-refractivity contribution in [3.63, 3.8) is 0 Å². The summed E-state index contributed by atoms with van der Waals surface area (Å²) in [5, 5.41) is 9.90. The third kappa shape index (κ3) is 6.81. The number of carbonyl (C=O) groups excluding carboxylic acids is 1. The average molecular weight is 410 g/mol. The molecule has 0 aromatic heterocycles. The van der Waals surface area contributed by atoms with Crippen LogP contribution in [-0.2, 0) is 4.79 Å². The van der Waals surface area contributed by atoms with Crippen LogP contribution < -0.4 is 5.73 Å². The molecule has 2 aromatic rings. The predicted molar refractivity (Wildman–Crippen MR) is 122 cm³/mol. The number of carbonyl (C=O) groups is 2. The number of benzene rings is 2. The molecule has 0 saturated carbocycles. The van der Waals surface area contributed by atoms with Crippen LogP contribution in [0, 0.1) is 17.8 Å². The van der Waals surface area contributed by atoms with E-state index in [1.165, 1.54) is 5.56 Å². The van der Waals surface area contributed by atoms with Crippen LogP contribution in [0.1, 0.15) is 67.8 Å². The molecular formula is C26H35NO3. The number of rotatable bonds is 13. The van der Waals surface area contributed by atoms with E-state index < -0.39 is 11.9 Å². The molecular weight excluding hydrogens is 374 g/mol. The third-order valence-corrected chi connectivity index (χ3v) is 6.26. The average Bonchev–Trinajstić information content (AvgIpc) is 2.77. The number of carboxylic acid groups (broad SMARTS) is 1. The highest BCUT2D eigenvalue weighted by Gasteiger charge is 2.32. The van der Waals surface area contributed by atoms with Crippen molar-refractivity contribution in [3.05, 3.63) is 71.8 Å². The molecule has 0 spiro atoms. The molecule has 0 aliphatic rings. The summed E-state index contributed by atoms with van der Waals surface area (Å²) in [4.78, 5) is 24.4. The van der Waals surface area contributed by atoms with Gasteiger partial charge in [-0.25, -0.2) is 0 Å². The number of Topliss-reactive ketones (excluding diaryl/α,β-unsaturated/α-hetero) is 1. The number of aliphatic carboxylic acids is 1. The van der Waals surface area contributed by atoms with Gasteiger partial charge in [0.15, 0.2) is 5.78 Å². The molecule has 0 saturated heterocycles. The van der Waals surface area contributed by atoms with E-state index in [4.69, 9.17) is 5.73 Å². The lowest BCUT2D eigenvalue weighted by Crippen LogP contribution is -2.30. The number of hydrogen-bond donors (Lipinski definition) is 2. The van der Waals surface area contributed by atoms with Gasteiger partial charge in [0.1, 0.15) is 0 Å². The molecule has 0 heterocycles. The van der Waals surface area contributed by atoms with Crippen molar-refractivity contribution in [2.24, 2.45) is 23.5 Å². The topological polar surface area (TPSA) is 80.4 Å². The maximum absolute atomic E-state index is 12.3. The van der Waals surface area contributed by atoms with Crippen LogP contribution in [0.3, 0.4) is 0 Å². The van der Waals surface area contributed by atoms with Gasteiger partial charge in [-0.2, -0.15) is 0 Å². The minimum absolute atomic E-state index is 0.0621. The molecule has 4 heteroatoms. The molecule has 162 valence electrons. The highest BCUT2D eigenvalue weighted by atomic mass is 16.4. The fourth-order valence-corrected chi connectivity index (χ4v) is 4.57. The monoisotopic (exact) mass is 409 g/mol. The molecule has 4 atom stereocenters. The van der Waals surface area contributed by atoms with E-state index in [0.717, 1.165) is 12.8 Å². The zero-order valence-corrected chi connectivity index (χ0v) is 18.2. The molecule has 4 unspecified atom stereocenters. The van der Waals surface area contributed by atoms with E-state index in [2.05, 4.69) is 26.0 Å². The van der Waals surface area contributed by atoms with E-state index in [-0.39, 0.29) is 23.5 Å². The van der Waals surface area contributed by atoms with Gasteiger partial charge < -0.3 is 10.8 Å². The van der Waals surface area contributed by atoms with Crippen molar-refractivity contribution in [3.8, 4) is 0 Å². The van der Waals surface area contributed by atoms with Gasteiger partial charge in [0.05, 0.1) is 5.92 Å². The Hall–Kier alpha value is -2.46. The Morgan fingerprint density at radius 3 is 2.13 bits per heavy atom. The quantitative estimate of drug-likeness (QED) is 0.426. The molecule has 0 amide bonds. The van der Waals surface area contributed by atoms with Crippen molar-refractivity contribution < 1.29 is 14.7 Å². The largest absolute Gasteiger partial charge is 0.481 e. The van der Waals surface area contributed by atoms with Gasteiger partial charge in [0.2, 0.25) is 0 Å². The second kappa shape index (κ2) is 12.3.